The SMILES string of the molecule is O=C(Cc1cccc(O)c1)NCC(O)c1ccccc1Cl. The number of hydrogen-bond acceptors (Lipinski definition) is 3. The summed E-state index contributed by atoms with van der Waals surface area (Å²) in [6.45, 7) is 0.0847. The van der Waals surface area contributed by atoms with E-state index in [0.717, 1.165) is 0 Å². The third-order valence-corrected chi connectivity index (χ3v) is 3.38. The van der Waals surface area contributed by atoms with E-state index < -0.39 is 6.10 Å². The van der Waals surface area contributed by atoms with Crippen molar-refractivity contribution in [1.29, 1.82) is 0 Å². The van der Waals surface area contributed by atoms with Crippen LogP contribution < -0.4 is 5.32 Å². The molecule has 0 aromatic heterocycles. The monoisotopic (exact) mass is 305 g/mol. The molecule has 0 bridgehead atoms. The van der Waals surface area contributed by atoms with Crippen LogP contribution in [0.2, 0.25) is 5.02 Å². The van der Waals surface area contributed by atoms with Crippen molar-refractivity contribution in [3.63, 3.8) is 0 Å². The second-order valence-electron chi connectivity index (χ2n) is 4.69. The molecule has 1 atom stereocenters. The molecule has 0 aliphatic rings. The number of phenolic OH excluding ortho intramolecular Hbond substituents is 1. The number of carbonyl (C=O) groups excluding carboxylic acids is 1. The molecule has 0 radical (unpaired) electrons. The van der Waals surface area contributed by atoms with Gasteiger partial charge in [0.2, 0.25) is 5.91 Å². The van der Waals surface area contributed by atoms with Crippen LogP contribution in [0.4, 0.5) is 0 Å². The molecule has 0 aliphatic heterocycles. The molecule has 21 heavy (non-hydrogen) atoms. The zero-order chi connectivity index (χ0) is 15.2. The molecule has 0 heterocycles. The summed E-state index contributed by atoms with van der Waals surface area (Å²) in [5, 5.41) is 22.5. The average Bonchev–Trinajstić information content (AvgIpc) is 2.45. The summed E-state index contributed by atoms with van der Waals surface area (Å²) in [5.41, 5.74) is 1.29. The highest BCUT2D eigenvalue weighted by atomic mass is 35.5. The maximum atomic E-state index is 11.8. The molecule has 0 spiro atoms. The lowest BCUT2D eigenvalue weighted by atomic mass is 10.1. The van der Waals surface area contributed by atoms with Crippen LogP contribution >= 0.6 is 11.6 Å². The maximum Gasteiger partial charge on any atom is 0.224 e. The third-order valence-electron chi connectivity index (χ3n) is 3.03. The molecule has 0 saturated carbocycles. The molecule has 5 heteroatoms. The van der Waals surface area contributed by atoms with Gasteiger partial charge in [-0.15, -0.1) is 0 Å². The highest BCUT2D eigenvalue weighted by Crippen LogP contribution is 2.21. The van der Waals surface area contributed by atoms with Gasteiger partial charge in [-0.25, -0.2) is 0 Å². The molecule has 1 unspecified atom stereocenters. The average molecular weight is 306 g/mol. The number of hydrogen-bond donors (Lipinski definition) is 3. The largest absolute Gasteiger partial charge is 0.508 e. The Balaban J connectivity index is 1.88. The van der Waals surface area contributed by atoms with Gasteiger partial charge in [0.1, 0.15) is 5.75 Å². The van der Waals surface area contributed by atoms with Crippen molar-refractivity contribution in [2.75, 3.05) is 6.54 Å². The van der Waals surface area contributed by atoms with Gasteiger partial charge in [-0.1, -0.05) is 41.9 Å². The van der Waals surface area contributed by atoms with E-state index in [1.807, 2.05) is 0 Å². The van der Waals surface area contributed by atoms with Gasteiger partial charge in [0, 0.05) is 17.1 Å². The Bertz CT molecular complexity index is 630. The van der Waals surface area contributed by atoms with Crippen molar-refractivity contribution in [2.24, 2.45) is 0 Å². The minimum absolute atomic E-state index is 0.0847. The number of phenols is 1. The van der Waals surface area contributed by atoms with Gasteiger partial charge < -0.3 is 15.5 Å². The Hall–Kier alpha value is -2.04. The van der Waals surface area contributed by atoms with Gasteiger partial charge in [-0.05, 0) is 23.8 Å². The van der Waals surface area contributed by atoms with Crippen LogP contribution in [-0.4, -0.2) is 22.7 Å². The van der Waals surface area contributed by atoms with Crippen LogP contribution in [0.3, 0.4) is 0 Å². The normalized spacial score (nSPS) is 11.9. The fourth-order valence-electron chi connectivity index (χ4n) is 1.98. The van der Waals surface area contributed by atoms with E-state index in [2.05, 4.69) is 5.32 Å². The number of aromatic hydroxyl groups is 1. The molecule has 0 fully saturated rings. The van der Waals surface area contributed by atoms with E-state index in [-0.39, 0.29) is 24.6 Å². The zero-order valence-electron chi connectivity index (χ0n) is 11.3. The van der Waals surface area contributed by atoms with Gasteiger partial charge in [0.05, 0.1) is 12.5 Å². The predicted molar refractivity (Wildman–Crippen MR) is 81.2 cm³/mol. The van der Waals surface area contributed by atoms with E-state index in [1.165, 1.54) is 6.07 Å². The van der Waals surface area contributed by atoms with Crippen molar-refractivity contribution < 1.29 is 15.0 Å². The van der Waals surface area contributed by atoms with Gasteiger partial charge in [-0.3, -0.25) is 4.79 Å². The Morgan fingerprint density at radius 1 is 1.19 bits per heavy atom. The van der Waals surface area contributed by atoms with Crippen LogP contribution in [-0.2, 0) is 11.2 Å². The lowest BCUT2D eigenvalue weighted by Crippen LogP contribution is -2.29. The van der Waals surface area contributed by atoms with Crippen molar-refractivity contribution >= 4 is 17.5 Å². The highest BCUT2D eigenvalue weighted by molar-refractivity contribution is 6.31. The first-order valence-corrected chi connectivity index (χ1v) is 6.91. The Kier molecular flexibility index (Phi) is 5.20. The van der Waals surface area contributed by atoms with Crippen LogP contribution in [0.1, 0.15) is 17.2 Å². The van der Waals surface area contributed by atoms with E-state index in [1.54, 1.807) is 42.5 Å². The van der Waals surface area contributed by atoms with Crippen molar-refractivity contribution in [2.45, 2.75) is 12.5 Å². The molecule has 3 N–H and O–H groups in total. The number of benzene rings is 2. The third kappa shape index (κ3) is 4.48. The van der Waals surface area contributed by atoms with E-state index >= 15 is 0 Å². The summed E-state index contributed by atoms with van der Waals surface area (Å²) >= 11 is 5.98. The van der Waals surface area contributed by atoms with Crippen LogP contribution in [0, 0.1) is 0 Å². The van der Waals surface area contributed by atoms with Crippen LogP contribution in [0.15, 0.2) is 48.5 Å². The number of amides is 1. The second kappa shape index (κ2) is 7.11. The Morgan fingerprint density at radius 3 is 2.67 bits per heavy atom. The minimum Gasteiger partial charge on any atom is -0.508 e. The number of rotatable bonds is 5. The lowest BCUT2D eigenvalue weighted by molar-refractivity contribution is -0.120. The Morgan fingerprint density at radius 2 is 1.95 bits per heavy atom. The van der Waals surface area contributed by atoms with Crippen LogP contribution in [0.25, 0.3) is 0 Å². The number of nitrogens with one attached hydrogen (secondary N) is 1. The van der Waals surface area contributed by atoms with Crippen LogP contribution in [0.5, 0.6) is 5.75 Å². The molecule has 0 saturated heterocycles. The van der Waals surface area contributed by atoms with Crippen molar-refractivity contribution in [3.05, 3.63) is 64.7 Å². The highest BCUT2D eigenvalue weighted by Gasteiger charge is 2.12. The molecule has 110 valence electrons. The summed E-state index contributed by atoms with van der Waals surface area (Å²) in [6.07, 6.45) is -0.712. The van der Waals surface area contributed by atoms with Crippen molar-refractivity contribution in [1.82, 2.24) is 5.32 Å². The summed E-state index contributed by atoms with van der Waals surface area (Å²) < 4.78 is 0. The second-order valence-corrected chi connectivity index (χ2v) is 5.10. The lowest BCUT2D eigenvalue weighted by Gasteiger charge is -2.13. The first-order valence-electron chi connectivity index (χ1n) is 6.53. The molecule has 0 aliphatic carbocycles. The number of aliphatic hydroxyl groups is 1. The van der Waals surface area contributed by atoms with Gasteiger partial charge >= 0.3 is 0 Å². The summed E-state index contributed by atoms with van der Waals surface area (Å²) in [4.78, 5) is 11.8. The summed E-state index contributed by atoms with van der Waals surface area (Å²) in [6, 6.07) is 13.5. The van der Waals surface area contributed by atoms with E-state index in [9.17, 15) is 15.0 Å². The van der Waals surface area contributed by atoms with Gasteiger partial charge in [0.25, 0.3) is 0 Å². The smallest absolute Gasteiger partial charge is 0.224 e. The molecule has 2 rings (SSSR count). The molecule has 2 aromatic rings. The van der Waals surface area contributed by atoms with Gasteiger partial charge in [0.15, 0.2) is 0 Å². The van der Waals surface area contributed by atoms with Crippen molar-refractivity contribution in [3.8, 4) is 5.75 Å². The topological polar surface area (TPSA) is 69.6 Å². The first-order chi connectivity index (χ1) is 10.1. The molecule has 2 aromatic carbocycles. The quantitative estimate of drug-likeness (QED) is 0.794. The molecule has 4 nitrogen and oxygen atoms in total. The fourth-order valence-corrected chi connectivity index (χ4v) is 2.24. The maximum absolute atomic E-state index is 11.8. The van der Waals surface area contributed by atoms with E-state index in [4.69, 9.17) is 11.6 Å². The van der Waals surface area contributed by atoms with Gasteiger partial charge in [-0.2, -0.15) is 0 Å². The number of carbonyl (C=O) groups is 1. The minimum atomic E-state index is -0.855. The van der Waals surface area contributed by atoms with E-state index in [0.29, 0.717) is 16.1 Å². The molecular weight excluding hydrogens is 290 g/mol. The predicted octanol–water partition coefficient (Wildman–Crippen LogP) is 2.44. The number of aliphatic hydroxyl groups excluding tert-OH is 1. The fraction of sp³-hybridized carbons (Fsp3) is 0.188. The summed E-state index contributed by atoms with van der Waals surface area (Å²) in [7, 11) is 0. The first kappa shape index (κ1) is 15.4. The molecular formula is C16H16ClNO3. The zero-order valence-corrected chi connectivity index (χ0v) is 12.0. The molecule has 1 amide bonds. The number of halogens is 1. The Labute approximate surface area is 128 Å². The summed E-state index contributed by atoms with van der Waals surface area (Å²) in [5.74, 6) is -0.108. The standard InChI is InChI=1S/C16H16ClNO3/c17-14-7-2-1-6-13(14)15(20)10-18-16(21)9-11-4-3-5-12(19)8-11/h1-8,15,19-20H,9-10H2,(H,18,21).